The first-order chi connectivity index (χ1) is 10.7. The highest BCUT2D eigenvalue weighted by atomic mass is 16.3. The Bertz CT molecular complexity index is 760. The van der Waals surface area contributed by atoms with Crippen molar-refractivity contribution in [3.05, 3.63) is 66.4 Å². The third-order valence-corrected chi connectivity index (χ3v) is 3.50. The van der Waals surface area contributed by atoms with Crippen molar-refractivity contribution >= 4 is 5.91 Å². The Labute approximate surface area is 128 Å². The molecule has 0 atom stereocenters. The number of benzene rings is 1. The van der Waals surface area contributed by atoms with E-state index in [1.807, 2.05) is 43.5 Å². The Morgan fingerprint density at radius 3 is 2.91 bits per heavy atom. The van der Waals surface area contributed by atoms with Crippen molar-refractivity contribution in [3.8, 4) is 11.1 Å². The molecular formula is C17H17N3O2. The summed E-state index contributed by atoms with van der Waals surface area (Å²) in [4.78, 5) is 12.1. The van der Waals surface area contributed by atoms with Crippen LogP contribution < -0.4 is 5.32 Å². The Morgan fingerprint density at radius 1 is 1.27 bits per heavy atom. The van der Waals surface area contributed by atoms with Gasteiger partial charge in [-0.05, 0) is 24.6 Å². The molecule has 0 radical (unpaired) electrons. The normalized spacial score (nSPS) is 10.6. The molecule has 0 fully saturated rings. The van der Waals surface area contributed by atoms with Crippen molar-refractivity contribution in [2.45, 2.75) is 13.5 Å². The number of carbonyl (C=O) groups excluding carboxylic acids is 1. The van der Waals surface area contributed by atoms with Crippen LogP contribution >= 0.6 is 0 Å². The molecule has 0 saturated carbocycles. The van der Waals surface area contributed by atoms with Crippen molar-refractivity contribution < 1.29 is 9.21 Å². The number of furan rings is 1. The molecule has 0 saturated heterocycles. The summed E-state index contributed by atoms with van der Waals surface area (Å²) in [6, 6.07) is 9.44. The lowest BCUT2D eigenvalue weighted by Gasteiger charge is -2.07. The smallest absolute Gasteiger partial charge is 0.251 e. The third-order valence-electron chi connectivity index (χ3n) is 3.50. The van der Waals surface area contributed by atoms with E-state index in [1.165, 1.54) is 0 Å². The van der Waals surface area contributed by atoms with E-state index in [0.717, 1.165) is 16.7 Å². The van der Waals surface area contributed by atoms with Crippen LogP contribution in [0.25, 0.3) is 11.1 Å². The van der Waals surface area contributed by atoms with Gasteiger partial charge in [0.2, 0.25) is 0 Å². The highest BCUT2D eigenvalue weighted by Crippen LogP contribution is 2.18. The molecule has 0 spiro atoms. The van der Waals surface area contributed by atoms with Crippen LogP contribution in [0, 0.1) is 6.92 Å². The van der Waals surface area contributed by atoms with Crippen molar-refractivity contribution in [1.29, 1.82) is 0 Å². The molecule has 112 valence electrons. The Balaban J connectivity index is 1.55. The monoisotopic (exact) mass is 295 g/mol. The number of hydrogen-bond donors (Lipinski definition) is 1. The van der Waals surface area contributed by atoms with E-state index in [0.29, 0.717) is 18.7 Å². The molecule has 3 rings (SSSR count). The summed E-state index contributed by atoms with van der Waals surface area (Å²) in [6.07, 6.45) is 7.04. The summed E-state index contributed by atoms with van der Waals surface area (Å²) < 4.78 is 6.86. The number of aromatic nitrogens is 2. The molecule has 0 aliphatic carbocycles. The van der Waals surface area contributed by atoms with Gasteiger partial charge >= 0.3 is 0 Å². The minimum Gasteiger partial charge on any atom is -0.472 e. The summed E-state index contributed by atoms with van der Waals surface area (Å²) in [5, 5.41) is 7.20. The van der Waals surface area contributed by atoms with Crippen LogP contribution in [0.15, 0.2) is 59.7 Å². The summed E-state index contributed by atoms with van der Waals surface area (Å²) in [5.74, 6) is -0.0553. The van der Waals surface area contributed by atoms with Crippen molar-refractivity contribution in [3.63, 3.8) is 0 Å². The van der Waals surface area contributed by atoms with Crippen molar-refractivity contribution in [2.75, 3.05) is 6.54 Å². The van der Waals surface area contributed by atoms with E-state index in [9.17, 15) is 4.79 Å². The zero-order valence-corrected chi connectivity index (χ0v) is 12.3. The summed E-state index contributed by atoms with van der Waals surface area (Å²) in [6.45, 7) is 3.08. The first kappa shape index (κ1) is 14.1. The lowest BCUT2D eigenvalue weighted by Crippen LogP contribution is -2.27. The largest absolute Gasteiger partial charge is 0.472 e. The Hall–Kier alpha value is -2.82. The first-order valence-electron chi connectivity index (χ1n) is 7.13. The van der Waals surface area contributed by atoms with Gasteiger partial charge in [0.1, 0.15) is 0 Å². The van der Waals surface area contributed by atoms with Crippen LogP contribution in [0.2, 0.25) is 0 Å². The van der Waals surface area contributed by atoms with Gasteiger partial charge < -0.3 is 9.73 Å². The maximum atomic E-state index is 12.1. The third kappa shape index (κ3) is 3.09. The highest BCUT2D eigenvalue weighted by Gasteiger charge is 2.07. The Kier molecular flexibility index (Phi) is 4.05. The second-order valence-corrected chi connectivity index (χ2v) is 5.07. The number of carbonyl (C=O) groups is 1. The molecule has 5 heteroatoms. The molecule has 2 aromatic heterocycles. The van der Waals surface area contributed by atoms with Gasteiger partial charge in [-0.25, -0.2) is 0 Å². The number of amides is 1. The lowest BCUT2D eigenvalue weighted by molar-refractivity contribution is 0.0951. The molecule has 3 aromatic rings. The molecule has 2 heterocycles. The SMILES string of the molecule is Cc1ccccc1C(=O)NCCn1cc(-c2ccoc2)cn1. The number of nitrogens with zero attached hydrogens (tertiary/aromatic N) is 2. The minimum atomic E-state index is -0.0553. The predicted molar refractivity (Wildman–Crippen MR) is 83.4 cm³/mol. The summed E-state index contributed by atoms with van der Waals surface area (Å²) in [5.41, 5.74) is 3.68. The second-order valence-electron chi connectivity index (χ2n) is 5.07. The molecular weight excluding hydrogens is 278 g/mol. The van der Waals surface area contributed by atoms with E-state index < -0.39 is 0 Å². The van der Waals surface area contributed by atoms with Gasteiger partial charge in [-0.2, -0.15) is 5.10 Å². The van der Waals surface area contributed by atoms with Crippen LogP contribution in [0.3, 0.4) is 0 Å². The van der Waals surface area contributed by atoms with Crippen LogP contribution in [0.5, 0.6) is 0 Å². The molecule has 0 aliphatic heterocycles. The maximum absolute atomic E-state index is 12.1. The van der Waals surface area contributed by atoms with E-state index in [-0.39, 0.29) is 5.91 Å². The summed E-state index contributed by atoms with van der Waals surface area (Å²) >= 11 is 0. The predicted octanol–water partition coefficient (Wildman–Crippen LogP) is 2.88. The van der Waals surface area contributed by atoms with Gasteiger partial charge in [0.15, 0.2) is 0 Å². The molecule has 1 aromatic carbocycles. The molecule has 5 nitrogen and oxygen atoms in total. The average molecular weight is 295 g/mol. The molecule has 1 amide bonds. The number of rotatable bonds is 5. The van der Waals surface area contributed by atoms with E-state index in [2.05, 4.69) is 10.4 Å². The fourth-order valence-electron chi connectivity index (χ4n) is 2.27. The van der Waals surface area contributed by atoms with Gasteiger partial charge in [-0.1, -0.05) is 18.2 Å². The molecule has 1 N–H and O–H groups in total. The summed E-state index contributed by atoms with van der Waals surface area (Å²) in [7, 11) is 0. The zero-order chi connectivity index (χ0) is 15.4. The van der Waals surface area contributed by atoms with Crippen LogP contribution in [-0.4, -0.2) is 22.2 Å². The fraction of sp³-hybridized carbons (Fsp3) is 0.176. The van der Waals surface area contributed by atoms with Crippen LogP contribution in [0.4, 0.5) is 0 Å². The lowest BCUT2D eigenvalue weighted by atomic mass is 10.1. The topological polar surface area (TPSA) is 60.1 Å². The van der Waals surface area contributed by atoms with Crippen molar-refractivity contribution in [1.82, 2.24) is 15.1 Å². The van der Waals surface area contributed by atoms with Gasteiger partial charge in [-0.3, -0.25) is 9.48 Å². The van der Waals surface area contributed by atoms with Crippen LogP contribution in [-0.2, 0) is 6.54 Å². The number of nitrogens with one attached hydrogen (secondary N) is 1. The quantitative estimate of drug-likeness (QED) is 0.787. The number of hydrogen-bond acceptors (Lipinski definition) is 3. The van der Waals surface area contributed by atoms with E-state index in [4.69, 9.17) is 4.42 Å². The van der Waals surface area contributed by atoms with Gasteiger partial charge in [0, 0.05) is 29.4 Å². The molecule has 22 heavy (non-hydrogen) atoms. The van der Waals surface area contributed by atoms with E-state index in [1.54, 1.807) is 23.4 Å². The van der Waals surface area contributed by atoms with Crippen molar-refractivity contribution in [2.24, 2.45) is 0 Å². The fourth-order valence-corrected chi connectivity index (χ4v) is 2.27. The molecule has 0 bridgehead atoms. The van der Waals surface area contributed by atoms with Gasteiger partial charge in [-0.15, -0.1) is 0 Å². The molecule has 0 aliphatic rings. The first-order valence-corrected chi connectivity index (χ1v) is 7.13. The maximum Gasteiger partial charge on any atom is 0.251 e. The van der Waals surface area contributed by atoms with Gasteiger partial charge in [0.05, 0.1) is 25.3 Å². The standard InChI is InChI=1S/C17H17N3O2/c1-13-4-2-3-5-16(13)17(21)18-7-8-20-11-15(10-19-20)14-6-9-22-12-14/h2-6,9-12H,7-8H2,1H3,(H,18,21). The van der Waals surface area contributed by atoms with Crippen LogP contribution in [0.1, 0.15) is 15.9 Å². The van der Waals surface area contributed by atoms with E-state index >= 15 is 0 Å². The number of aryl methyl sites for hydroxylation is 1. The highest BCUT2D eigenvalue weighted by molar-refractivity contribution is 5.95. The minimum absolute atomic E-state index is 0.0553. The molecule has 0 unspecified atom stereocenters. The van der Waals surface area contributed by atoms with Gasteiger partial charge in [0.25, 0.3) is 5.91 Å². The average Bonchev–Trinajstić information content (AvgIpc) is 3.18. The Morgan fingerprint density at radius 2 is 2.14 bits per heavy atom. The zero-order valence-electron chi connectivity index (χ0n) is 12.3. The second kappa shape index (κ2) is 6.30.